The van der Waals surface area contributed by atoms with Crippen LogP contribution in [0.1, 0.15) is 91.4 Å². The third kappa shape index (κ3) is 13.2. The molecule has 0 unspecified atom stereocenters. The van der Waals surface area contributed by atoms with Crippen LogP contribution in [0.4, 0.5) is 0 Å². The van der Waals surface area contributed by atoms with Crippen LogP contribution >= 0.6 is 0 Å². The van der Waals surface area contributed by atoms with Crippen LogP contribution in [0.5, 0.6) is 0 Å². The van der Waals surface area contributed by atoms with Crippen molar-refractivity contribution in [1.82, 2.24) is 0 Å². The molecule has 0 aliphatic rings. The van der Waals surface area contributed by atoms with Gasteiger partial charge in [0.25, 0.3) is 0 Å². The van der Waals surface area contributed by atoms with E-state index in [9.17, 15) is 0 Å². The Morgan fingerprint density at radius 1 is 0.625 bits per heavy atom. The number of hydrogen-bond donors (Lipinski definition) is 0. The van der Waals surface area contributed by atoms with Gasteiger partial charge in [-0.2, -0.15) is 0 Å². The Morgan fingerprint density at radius 2 is 1.00 bits per heavy atom. The predicted octanol–water partition coefficient (Wildman–Crippen LogP) is 6.51. The summed E-state index contributed by atoms with van der Waals surface area (Å²) < 4.78 is 17.7. The normalized spacial score (nSPS) is 11.8. The number of hydrogen-bond acceptors (Lipinski definition) is 3. The number of allylic oxidation sites excluding steroid dienone is 1. The maximum absolute atomic E-state index is 5.90. The maximum Gasteiger partial charge on any atom is 0.500 e. The minimum Gasteiger partial charge on any atom is -0.374 e. The fraction of sp³-hybridized carbons (Fsp3) is 0.900. The lowest BCUT2D eigenvalue weighted by Crippen LogP contribution is -2.45. The molecule has 0 bridgehead atoms. The Kier molecular flexibility index (Phi) is 17.5. The standard InChI is InChI=1S/C20H42O3Si/c1-5-9-10-11-12-13-14-15-16-17-18-19-20-24(21-6-2,22-7-3)23-8-4/h5H,1,6-20H2,2-4H3. The molecule has 3 nitrogen and oxygen atoms in total. The van der Waals surface area contributed by atoms with Gasteiger partial charge in [-0.3, -0.25) is 0 Å². The molecule has 0 spiro atoms. The fourth-order valence-electron chi connectivity index (χ4n) is 3.05. The number of unbranched alkanes of at least 4 members (excludes halogenated alkanes) is 10. The summed E-state index contributed by atoms with van der Waals surface area (Å²) in [7, 11) is -2.40. The minimum absolute atomic E-state index is 0.680. The van der Waals surface area contributed by atoms with E-state index in [1.165, 1.54) is 64.2 Å². The van der Waals surface area contributed by atoms with Gasteiger partial charge in [-0.1, -0.05) is 57.4 Å². The fourth-order valence-corrected chi connectivity index (χ4v) is 5.73. The Balaban J connectivity index is 3.62. The zero-order valence-electron chi connectivity index (χ0n) is 16.6. The molecular weight excluding hydrogens is 316 g/mol. The average molecular weight is 359 g/mol. The highest BCUT2D eigenvalue weighted by Gasteiger charge is 2.39. The minimum atomic E-state index is -2.40. The Labute approximate surface area is 152 Å². The topological polar surface area (TPSA) is 27.7 Å². The van der Waals surface area contributed by atoms with Gasteiger partial charge in [-0.05, 0) is 40.0 Å². The van der Waals surface area contributed by atoms with E-state index >= 15 is 0 Å². The van der Waals surface area contributed by atoms with Crippen molar-refractivity contribution in [3.63, 3.8) is 0 Å². The van der Waals surface area contributed by atoms with Crippen molar-refractivity contribution in [3.8, 4) is 0 Å². The van der Waals surface area contributed by atoms with Crippen molar-refractivity contribution in [2.24, 2.45) is 0 Å². The summed E-state index contributed by atoms with van der Waals surface area (Å²) in [5.41, 5.74) is 0. The maximum atomic E-state index is 5.90. The van der Waals surface area contributed by atoms with Crippen molar-refractivity contribution >= 4 is 8.80 Å². The lowest BCUT2D eigenvalue weighted by atomic mass is 10.1. The first kappa shape index (κ1) is 23.8. The largest absolute Gasteiger partial charge is 0.500 e. The van der Waals surface area contributed by atoms with Crippen molar-refractivity contribution in [2.45, 2.75) is 97.4 Å². The highest BCUT2D eigenvalue weighted by Crippen LogP contribution is 2.21. The van der Waals surface area contributed by atoms with Gasteiger partial charge in [-0.15, -0.1) is 6.58 Å². The van der Waals surface area contributed by atoms with E-state index < -0.39 is 8.80 Å². The van der Waals surface area contributed by atoms with Gasteiger partial charge in [0.2, 0.25) is 0 Å². The molecule has 0 aliphatic carbocycles. The molecule has 0 radical (unpaired) electrons. The van der Waals surface area contributed by atoms with Crippen LogP contribution < -0.4 is 0 Å². The molecule has 144 valence electrons. The molecule has 0 aliphatic heterocycles. The first-order chi connectivity index (χ1) is 11.7. The molecule has 0 aromatic carbocycles. The smallest absolute Gasteiger partial charge is 0.374 e. The molecule has 0 aromatic heterocycles. The van der Waals surface area contributed by atoms with Crippen molar-refractivity contribution in [2.75, 3.05) is 19.8 Å². The summed E-state index contributed by atoms with van der Waals surface area (Å²) >= 11 is 0. The molecule has 0 heterocycles. The molecule has 0 rings (SSSR count). The molecule has 24 heavy (non-hydrogen) atoms. The van der Waals surface area contributed by atoms with E-state index in [-0.39, 0.29) is 0 Å². The van der Waals surface area contributed by atoms with Crippen molar-refractivity contribution in [3.05, 3.63) is 12.7 Å². The van der Waals surface area contributed by atoms with E-state index in [2.05, 4.69) is 6.58 Å². The lowest BCUT2D eigenvalue weighted by molar-refractivity contribution is 0.0706. The molecule has 0 fully saturated rings. The summed E-state index contributed by atoms with van der Waals surface area (Å²) in [5.74, 6) is 0. The first-order valence-corrected chi connectivity index (χ1v) is 12.2. The van der Waals surface area contributed by atoms with Crippen molar-refractivity contribution in [1.29, 1.82) is 0 Å². The molecule has 4 heteroatoms. The Morgan fingerprint density at radius 3 is 1.38 bits per heavy atom. The zero-order chi connectivity index (χ0) is 17.9. The predicted molar refractivity (Wildman–Crippen MR) is 106 cm³/mol. The molecule has 0 amide bonds. The summed E-state index contributed by atoms with van der Waals surface area (Å²) in [6.07, 6.45) is 16.6. The van der Waals surface area contributed by atoms with Gasteiger partial charge in [0.1, 0.15) is 0 Å². The van der Waals surface area contributed by atoms with E-state index in [0.717, 1.165) is 12.5 Å². The average Bonchev–Trinajstić information content (AvgIpc) is 2.56. The summed E-state index contributed by atoms with van der Waals surface area (Å²) in [6.45, 7) is 11.9. The molecule has 0 aromatic rings. The highest BCUT2D eigenvalue weighted by molar-refractivity contribution is 6.60. The second kappa shape index (κ2) is 17.7. The Hall–Kier alpha value is -0.163. The molecule has 0 saturated heterocycles. The Bertz CT molecular complexity index is 255. The molecule has 0 N–H and O–H groups in total. The number of rotatable bonds is 19. The summed E-state index contributed by atoms with van der Waals surface area (Å²) in [5, 5.41) is 0. The third-order valence-electron chi connectivity index (χ3n) is 4.23. The van der Waals surface area contributed by atoms with Crippen LogP contribution in [0.25, 0.3) is 0 Å². The summed E-state index contributed by atoms with van der Waals surface area (Å²) in [4.78, 5) is 0. The molecule has 0 saturated carbocycles. The summed E-state index contributed by atoms with van der Waals surface area (Å²) in [6, 6.07) is 0.964. The molecular formula is C20H42O3Si. The van der Waals surface area contributed by atoms with Gasteiger partial charge in [-0.25, -0.2) is 0 Å². The van der Waals surface area contributed by atoms with Gasteiger partial charge in [0, 0.05) is 25.9 Å². The van der Waals surface area contributed by atoms with E-state index in [1.54, 1.807) is 0 Å². The van der Waals surface area contributed by atoms with Crippen LogP contribution in [0.2, 0.25) is 6.04 Å². The quantitative estimate of drug-likeness (QED) is 0.150. The highest BCUT2D eigenvalue weighted by atomic mass is 28.4. The van der Waals surface area contributed by atoms with Gasteiger partial charge >= 0.3 is 8.80 Å². The third-order valence-corrected chi connectivity index (χ3v) is 7.39. The first-order valence-electron chi connectivity index (χ1n) is 10.3. The van der Waals surface area contributed by atoms with Gasteiger partial charge in [0.05, 0.1) is 0 Å². The van der Waals surface area contributed by atoms with E-state index in [4.69, 9.17) is 13.3 Å². The van der Waals surface area contributed by atoms with Gasteiger partial charge < -0.3 is 13.3 Å². The zero-order valence-corrected chi connectivity index (χ0v) is 17.6. The van der Waals surface area contributed by atoms with Crippen LogP contribution in [0.3, 0.4) is 0 Å². The van der Waals surface area contributed by atoms with Crippen LogP contribution in [-0.4, -0.2) is 28.6 Å². The second-order valence-electron chi connectivity index (χ2n) is 6.34. The van der Waals surface area contributed by atoms with Crippen LogP contribution in [0, 0.1) is 0 Å². The van der Waals surface area contributed by atoms with E-state index in [1.807, 2.05) is 26.8 Å². The van der Waals surface area contributed by atoms with E-state index in [0.29, 0.717) is 19.8 Å². The van der Waals surface area contributed by atoms with Crippen molar-refractivity contribution < 1.29 is 13.3 Å². The van der Waals surface area contributed by atoms with Crippen LogP contribution in [-0.2, 0) is 13.3 Å². The SMILES string of the molecule is C=CCCCCCCCCCCCC[Si](OCC)(OCC)OCC. The molecule has 0 atom stereocenters. The van der Waals surface area contributed by atoms with Crippen LogP contribution in [0.15, 0.2) is 12.7 Å². The monoisotopic (exact) mass is 358 g/mol. The van der Waals surface area contributed by atoms with Gasteiger partial charge in [0.15, 0.2) is 0 Å². The lowest BCUT2D eigenvalue weighted by Gasteiger charge is -2.28. The second-order valence-corrected chi connectivity index (χ2v) is 9.08.